The van der Waals surface area contributed by atoms with Crippen LogP contribution in [0.15, 0.2) is 89.9 Å². The van der Waals surface area contributed by atoms with Crippen LogP contribution in [-0.4, -0.2) is 47.0 Å². The van der Waals surface area contributed by atoms with E-state index >= 15 is 0 Å². The molecule has 5 aromatic rings. The third-order valence-corrected chi connectivity index (χ3v) is 8.19. The highest BCUT2D eigenvalue weighted by molar-refractivity contribution is 5.89. The number of rotatable bonds is 15. The predicted octanol–water partition coefficient (Wildman–Crippen LogP) is 7.30. The zero-order chi connectivity index (χ0) is 36.4. The molecular weight excluding hydrogens is 644 g/mol. The van der Waals surface area contributed by atoms with Crippen LogP contribution in [0, 0.1) is 0 Å². The molecule has 0 radical (unpaired) electrons. The van der Waals surface area contributed by atoms with Gasteiger partial charge in [-0.3, -0.25) is 4.79 Å². The van der Waals surface area contributed by atoms with Crippen molar-refractivity contribution in [1.29, 1.82) is 0 Å². The van der Waals surface area contributed by atoms with Crippen LogP contribution in [0.1, 0.15) is 62.8 Å². The average molecular weight is 693 g/mol. The van der Waals surface area contributed by atoms with Gasteiger partial charge in [0.15, 0.2) is 0 Å². The van der Waals surface area contributed by atoms with Gasteiger partial charge in [0.2, 0.25) is 5.95 Å². The average Bonchev–Trinajstić information content (AvgIpc) is 3.12. The minimum Gasteiger partial charge on any atom is -0.497 e. The topological polar surface area (TPSA) is 120 Å². The van der Waals surface area contributed by atoms with Crippen molar-refractivity contribution in [3.05, 3.63) is 118 Å². The van der Waals surface area contributed by atoms with Crippen molar-refractivity contribution in [2.75, 3.05) is 31.0 Å². The summed E-state index contributed by atoms with van der Waals surface area (Å²) in [5.41, 5.74) is 3.83. The largest absolute Gasteiger partial charge is 0.497 e. The maximum Gasteiger partial charge on any atom is 0.407 e. The van der Waals surface area contributed by atoms with Crippen LogP contribution >= 0.6 is 0 Å². The Labute approximate surface area is 299 Å². The van der Waals surface area contributed by atoms with E-state index in [1.54, 1.807) is 25.0 Å². The van der Waals surface area contributed by atoms with E-state index < -0.39 is 11.7 Å². The van der Waals surface area contributed by atoms with Gasteiger partial charge in [-0.25, -0.2) is 9.78 Å². The second kappa shape index (κ2) is 16.9. The summed E-state index contributed by atoms with van der Waals surface area (Å²) in [4.78, 5) is 38.2. The predicted molar refractivity (Wildman–Crippen MR) is 202 cm³/mol. The lowest BCUT2D eigenvalue weighted by atomic mass is 10.1. The number of fused-ring (bicyclic) bond motifs is 1. The number of aromatic nitrogens is 3. The third kappa shape index (κ3) is 10.2. The number of methoxy groups -OCH3 is 2. The van der Waals surface area contributed by atoms with Gasteiger partial charge < -0.3 is 34.3 Å². The normalized spacial score (nSPS) is 11.3. The number of alkyl carbamates (subject to hydrolysis) is 1. The zero-order valence-corrected chi connectivity index (χ0v) is 30.4. The lowest BCUT2D eigenvalue weighted by Crippen LogP contribution is -2.32. The number of nitrogens with zero attached hydrogens (tertiary/aromatic N) is 4. The molecule has 1 amide bonds. The summed E-state index contributed by atoms with van der Waals surface area (Å²) >= 11 is 0. The number of anilines is 2. The number of amides is 1. The van der Waals surface area contributed by atoms with Gasteiger partial charge in [0, 0.05) is 32.4 Å². The summed E-state index contributed by atoms with van der Waals surface area (Å²) in [6.07, 6.45) is 3.25. The summed E-state index contributed by atoms with van der Waals surface area (Å²) in [6, 6.07) is 25.6. The molecule has 2 N–H and O–H groups in total. The lowest BCUT2D eigenvalue weighted by molar-refractivity contribution is 0.0523. The molecule has 0 aliphatic rings. The molecule has 0 spiro atoms. The number of carbonyl (C=O) groups is 1. The second-order valence-electron chi connectivity index (χ2n) is 13.4. The molecule has 0 saturated heterocycles. The standard InChI is InChI=1S/C40H48N6O5/c1-7-8-22-41-36-35-34(21-23-45(37(35)47)25-29-11-9-28(10-12-29)24-42-39(48)51-40(2,3)4)43-38(44-36)46(26-30-13-17-32(49-5)18-14-30)27-31-15-19-33(50-6)20-16-31/h9-21,23H,7-8,22,24-27H2,1-6H3,(H,42,48)(H,41,43,44). The molecule has 3 aromatic carbocycles. The number of ether oxygens (including phenoxy) is 3. The maximum absolute atomic E-state index is 14.1. The Morgan fingerprint density at radius 2 is 1.37 bits per heavy atom. The second-order valence-corrected chi connectivity index (χ2v) is 13.4. The van der Waals surface area contributed by atoms with E-state index in [4.69, 9.17) is 24.2 Å². The first-order chi connectivity index (χ1) is 24.5. The van der Waals surface area contributed by atoms with Crippen molar-refractivity contribution in [2.45, 2.75) is 72.3 Å². The Kier molecular flexibility index (Phi) is 12.2. The molecule has 11 heteroatoms. The number of hydrogen-bond acceptors (Lipinski definition) is 9. The zero-order valence-electron chi connectivity index (χ0n) is 30.4. The molecule has 5 rings (SSSR count). The highest BCUT2D eigenvalue weighted by Crippen LogP contribution is 2.25. The molecule has 0 saturated carbocycles. The van der Waals surface area contributed by atoms with Crippen molar-refractivity contribution in [3.8, 4) is 11.5 Å². The number of pyridine rings is 1. The van der Waals surface area contributed by atoms with Crippen LogP contribution in [-0.2, 0) is 30.9 Å². The van der Waals surface area contributed by atoms with E-state index in [-0.39, 0.29) is 5.56 Å². The third-order valence-electron chi connectivity index (χ3n) is 8.19. The number of benzene rings is 3. The molecule has 2 aromatic heterocycles. The maximum atomic E-state index is 14.1. The van der Waals surface area contributed by atoms with Crippen LogP contribution in [0.2, 0.25) is 0 Å². The minimum absolute atomic E-state index is 0.175. The Bertz CT molecular complexity index is 1900. The summed E-state index contributed by atoms with van der Waals surface area (Å²) in [7, 11) is 3.30. The fourth-order valence-corrected chi connectivity index (χ4v) is 5.49. The first-order valence-corrected chi connectivity index (χ1v) is 17.3. The van der Waals surface area contributed by atoms with Gasteiger partial charge in [0.05, 0.1) is 26.3 Å². The molecule has 2 heterocycles. The molecule has 0 fully saturated rings. The Balaban J connectivity index is 1.44. The molecular formula is C40H48N6O5. The lowest BCUT2D eigenvalue weighted by Gasteiger charge is -2.24. The van der Waals surface area contributed by atoms with E-state index in [1.807, 2.05) is 99.6 Å². The van der Waals surface area contributed by atoms with E-state index in [2.05, 4.69) is 22.5 Å². The van der Waals surface area contributed by atoms with Crippen molar-refractivity contribution in [3.63, 3.8) is 0 Å². The van der Waals surface area contributed by atoms with Crippen molar-refractivity contribution in [2.24, 2.45) is 0 Å². The van der Waals surface area contributed by atoms with Gasteiger partial charge in [0.25, 0.3) is 5.56 Å². The SMILES string of the molecule is CCCCNc1nc(N(Cc2ccc(OC)cc2)Cc2ccc(OC)cc2)nc2ccn(Cc3ccc(CNC(=O)OC(C)(C)C)cc3)c(=O)c12. The molecule has 0 atom stereocenters. The molecule has 268 valence electrons. The molecule has 0 aliphatic carbocycles. The fraction of sp³-hybridized carbons (Fsp3) is 0.350. The molecule has 51 heavy (non-hydrogen) atoms. The van der Waals surface area contributed by atoms with Crippen molar-refractivity contribution < 1.29 is 19.0 Å². The van der Waals surface area contributed by atoms with Gasteiger partial charge in [-0.2, -0.15) is 4.98 Å². The van der Waals surface area contributed by atoms with Gasteiger partial charge in [-0.15, -0.1) is 0 Å². The van der Waals surface area contributed by atoms with Crippen LogP contribution in [0.3, 0.4) is 0 Å². The van der Waals surface area contributed by atoms with E-state index in [0.29, 0.717) is 55.4 Å². The fourth-order valence-electron chi connectivity index (χ4n) is 5.49. The number of unbranched alkanes of at least 4 members (excludes halogenated alkanes) is 1. The quantitative estimate of drug-likeness (QED) is 0.109. The number of nitrogens with one attached hydrogen (secondary N) is 2. The first kappa shape index (κ1) is 36.7. The number of carbonyl (C=O) groups excluding carboxylic acids is 1. The summed E-state index contributed by atoms with van der Waals surface area (Å²) in [6.45, 7) is 10.1. The molecule has 0 bridgehead atoms. The summed E-state index contributed by atoms with van der Waals surface area (Å²) < 4.78 is 17.7. The first-order valence-electron chi connectivity index (χ1n) is 17.3. The van der Waals surface area contributed by atoms with Crippen LogP contribution in [0.5, 0.6) is 11.5 Å². The van der Waals surface area contributed by atoms with E-state index in [1.165, 1.54) is 0 Å². The van der Waals surface area contributed by atoms with E-state index in [9.17, 15) is 9.59 Å². The van der Waals surface area contributed by atoms with Crippen LogP contribution < -0.4 is 30.6 Å². The molecule has 11 nitrogen and oxygen atoms in total. The smallest absolute Gasteiger partial charge is 0.407 e. The molecule has 0 aliphatic heterocycles. The highest BCUT2D eigenvalue weighted by Gasteiger charge is 2.19. The Morgan fingerprint density at radius 3 is 1.92 bits per heavy atom. The van der Waals surface area contributed by atoms with Gasteiger partial charge >= 0.3 is 6.09 Å². The number of hydrogen-bond donors (Lipinski definition) is 2. The molecule has 0 unspecified atom stereocenters. The van der Waals surface area contributed by atoms with Crippen LogP contribution in [0.25, 0.3) is 10.9 Å². The monoisotopic (exact) mass is 692 g/mol. The van der Waals surface area contributed by atoms with Crippen LogP contribution in [0.4, 0.5) is 16.6 Å². The summed E-state index contributed by atoms with van der Waals surface area (Å²) in [5.74, 6) is 2.60. The van der Waals surface area contributed by atoms with Gasteiger partial charge in [-0.1, -0.05) is 61.9 Å². The Hall–Kier alpha value is -5.58. The summed E-state index contributed by atoms with van der Waals surface area (Å²) in [5, 5.41) is 6.68. The highest BCUT2D eigenvalue weighted by atomic mass is 16.6. The van der Waals surface area contributed by atoms with Gasteiger partial charge in [-0.05, 0) is 79.8 Å². The van der Waals surface area contributed by atoms with Gasteiger partial charge in [0.1, 0.15) is 28.3 Å². The van der Waals surface area contributed by atoms with Crippen molar-refractivity contribution in [1.82, 2.24) is 19.9 Å². The minimum atomic E-state index is -0.563. The van der Waals surface area contributed by atoms with E-state index in [0.717, 1.165) is 46.6 Å². The Morgan fingerprint density at radius 1 is 0.804 bits per heavy atom. The van der Waals surface area contributed by atoms with Crippen molar-refractivity contribution >= 4 is 28.8 Å².